The van der Waals surface area contributed by atoms with Gasteiger partial charge in [-0.25, -0.2) is 9.59 Å². The van der Waals surface area contributed by atoms with Crippen LogP contribution in [0.15, 0.2) is 45.6 Å². The van der Waals surface area contributed by atoms with Crippen LogP contribution in [0.25, 0.3) is 0 Å². The number of ether oxygens (including phenoxy) is 3. The van der Waals surface area contributed by atoms with Crippen LogP contribution in [0.1, 0.15) is 112 Å². The number of esters is 2. The van der Waals surface area contributed by atoms with Crippen molar-refractivity contribution in [1.82, 2.24) is 0 Å². The van der Waals surface area contributed by atoms with Crippen molar-refractivity contribution in [2.75, 3.05) is 39.6 Å². The van der Waals surface area contributed by atoms with E-state index < -0.39 is 11.9 Å². The summed E-state index contributed by atoms with van der Waals surface area (Å²) in [5.74, 6) is -1.11. The molecule has 0 unspecified atom stereocenters. The molecule has 0 aromatic heterocycles. The Hall–Kier alpha value is -3.24. The van der Waals surface area contributed by atoms with Gasteiger partial charge in [0.1, 0.15) is 23.3 Å². The Bertz CT molecular complexity index is 1210. The van der Waals surface area contributed by atoms with Gasteiger partial charge in [0.05, 0.1) is 26.4 Å². The van der Waals surface area contributed by atoms with Crippen molar-refractivity contribution < 1.29 is 34.0 Å². The summed E-state index contributed by atoms with van der Waals surface area (Å²) < 4.78 is 15.3. The summed E-state index contributed by atoms with van der Waals surface area (Å²) in [6.45, 7) is 13.9. The lowest BCUT2D eigenvalue weighted by Crippen LogP contribution is -2.20. The highest BCUT2D eigenvalue weighted by molar-refractivity contribution is 5.95. The summed E-state index contributed by atoms with van der Waals surface area (Å²) in [5, 5.41) is 36.1. The molecule has 0 saturated heterocycles. The predicted molar refractivity (Wildman–Crippen MR) is 178 cm³/mol. The lowest BCUT2D eigenvalue weighted by Gasteiger charge is -2.32. The molecule has 46 heavy (non-hydrogen) atoms. The lowest BCUT2D eigenvalue weighted by atomic mass is 9.73. The number of carbonyl (C=O) groups is 2. The van der Waals surface area contributed by atoms with Crippen LogP contribution < -0.4 is 0 Å². The van der Waals surface area contributed by atoms with Crippen LogP contribution in [0.4, 0.5) is 0 Å². The average Bonchev–Trinajstić information content (AvgIpc) is 2.97. The fourth-order valence-electron chi connectivity index (χ4n) is 5.90. The summed E-state index contributed by atoms with van der Waals surface area (Å²) >= 11 is 0. The summed E-state index contributed by atoms with van der Waals surface area (Å²) in [6, 6.07) is 4.03. The quantitative estimate of drug-likeness (QED) is 0.0789. The molecule has 0 heterocycles. The smallest absolute Gasteiger partial charge is 0.349 e. The molecule has 0 atom stereocenters. The van der Waals surface area contributed by atoms with Gasteiger partial charge in [0, 0.05) is 19.6 Å². The second-order valence-corrected chi connectivity index (χ2v) is 13.5. The molecule has 0 aromatic rings. The topological polar surface area (TPSA) is 150 Å². The van der Waals surface area contributed by atoms with Crippen LogP contribution in [0.3, 0.4) is 0 Å². The molecule has 2 aliphatic rings. The van der Waals surface area contributed by atoms with E-state index in [0.717, 1.165) is 49.7 Å². The molecule has 0 fully saturated rings. The van der Waals surface area contributed by atoms with Gasteiger partial charge in [0.25, 0.3) is 0 Å². The van der Waals surface area contributed by atoms with E-state index in [2.05, 4.69) is 34.6 Å². The summed E-state index contributed by atoms with van der Waals surface area (Å²) in [4.78, 5) is 24.1. The number of carbonyl (C=O) groups excluding carboxylic acids is 2. The van der Waals surface area contributed by atoms with Gasteiger partial charge in [-0.1, -0.05) is 70.8 Å². The van der Waals surface area contributed by atoms with Crippen molar-refractivity contribution in [3.63, 3.8) is 0 Å². The Morgan fingerprint density at radius 2 is 1.24 bits per heavy atom. The van der Waals surface area contributed by atoms with Crippen LogP contribution >= 0.6 is 0 Å². The van der Waals surface area contributed by atoms with Gasteiger partial charge in [-0.05, 0) is 80.3 Å². The van der Waals surface area contributed by atoms with Crippen molar-refractivity contribution in [3.05, 3.63) is 45.6 Å². The Balaban J connectivity index is 0.000000460. The maximum absolute atomic E-state index is 12.1. The Labute approximate surface area is 276 Å². The summed E-state index contributed by atoms with van der Waals surface area (Å²) in [6.07, 6.45) is 14.0. The van der Waals surface area contributed by atoms with Crippen molar-refractivity contribution in [3.8, 4) is 12.1 Å². The molecule has 2 rings (SSSR count). The van der Waals surface area contributed by atoms with Crippen LogP contribution in [-0.2, 0) is 23.8 Å². The largest absolute Gasteiger partial charge is 0.462 e. The zero-order valence-electron chi connectivity index (χ0n) is 29.0. The molecular weight excluding hydrogens is 584 g/mol. The molecule has 0 bridgehead atoms. The first-order valence-electron chi connectivity index (χ1n) is 16.7. The molecule has 0 radical (unpaired) electrons. The van der Waals surface area contributed by atoms with Gasteiger partial charge in [-0.2, -0.15) is 10.5 Å². The fraction of sp³-hybridized carbons (Fsp3) is 0.676. The van der Waals surface area contributed by atoms with Gasteiger partial charge >= 0.3 is 11.9 Å². The maximum Gasteiger partial charge on any atom is 0.349 e. The van der Waals surface area contributed by atoms with E-state index in [1.54, 1.807) is 6.92 Å². The first-order valence-corrected chi connectivity index (χ1v) is 16.7. The molecule has 0 saturated carbocycles. The molecule has 0 aromatic carbocycles. The van der Waals surface area contributed by atoms with Crippen LogP contribution in [0.2, 0.25) is 0 Å². The zero-order valence-corrected chi connectivity index (χ0v) is 29.0. The summed E-state index contributed by atoms with van der Waals surface area (Å²) in [5.41, 5.74) is 4.41. The maximum atomic E-state index is 12.1. The van der Waals surface area contributed by atoms with Crippen molar-refractivity contribution >= 4 is 11.9 Å². The molecule has 0 aliphatic heterocycles. The van der Waals surface area contributed by atoms with Crippen LogP contribution in [-0.4, -0.2) is 61.8 Å². The predicted octanol–water partition coefficient (Wildman–Crippen LogP) is 6.96. The third-order valence-corrected chi connectivity index (χ3v) is 7.71. The molecular formula is C37H56N2O7. The van der Waals surface area contributed by atoms with Gasteiger partial charge in [0.15, 0.2) is 0 Å². The highest BCUT2D eigenvalue weighted by atomic mass is 16.5. The number of aliphatic hydroxyl groups is 2. The Morgan fingerprint density at radius 3 is 1.70 bits per heavy atom. The Morgan fingerprint density at radius 1 is 0.717 bits per heavy atom. The van der Waals surface area contributed by atoms with Gasteiger partial charge < -0.3 is 24.4 Å². The minimum Gasteiger partial charge on any atom is -0.462 e. The first-order chi connectivity index (χ1) is 21.9. The van der Waals surface area contributed by atoms with Crippen LogP contribution in [0.5, 0.6) is 0 Å². The first kappa shape index (κ1) is 40.8. The normalized spacial score (nSPS) is 18.8. The van der Waals surface area contributed by atoms with Gasteiger partial charge in [0.2, 0.25) is 0 Å². The molecule has 2 N–H and O–H groups in total. The number of unbranched alkanes of at least 4 members (excludes halogenated alkanes) is 2. The number of nitriles is 2. The molecule has 2 aliphatic carbocycles. The zero-order chi connectivity index (χ0) is 34.6. The fourth-order valence-corrected chi connectivity index (χ4v) is 5.90. The second kappa shape index (κ2) is 21.5. The number of hydrogen-bond donors (Lipinski definition) is 2. The highest BCUT2D eigenvalue weighted by Gasteiger charge is 2.30. The summed E-state index contributed by atoms with van der Waals surface area (Å²) in [7, 11) is 0. The van der Waals surface area contributed by atoms with Crippen LogP contribution in [0, 0.1) is 33.5 Å². The van der Waals surface area contributed by atoms with E-state index in [1.165, 1.54) is 24.0 Å². The number of allylic oxidation sites excluding steroid dienone is 6. The van der Waals surface area contributed by atoms with E-state index in [9.17, 15) is 20.1 Å². The number of nitrogens with zero attached hydrogens (tertiary/aromatic N) is 2. The lowest BCUT2D eigenvalue weighted by molar-refractivity contribution is -0.139. The monoisotopic (exact) mass is 640 g/mol. The molecule has 9 nitrogen and oxygen atoms in total. The van der Waals surface area contributed by atoms with E-state index >= 15 is 0 Å². The standard InChI is InChI=1S/C19H29NO3.C18H27NO4/c1-4-5-6-8-15-11-16(13-19(2,3)12-15)17(14-20)18(22)23-10-7-9-21;1-4-23-17(21)16(13-19)15-10-14(11-18(2,3)12-15)6-5-8-22-9-7-20/h11,21H,4-10,12-13H2,1-3H3;10,20H,4-9,11-12H2,1-3H3/b17-16+;16-15+. The van der Waals surface area contributed by atoms with E-state index in [0.29, 0.717) is 32.5 Å². The number of aliphatic hydroxyl groups excluding tert-OH is 2. The molecule has 0 spiro atoms. The minimum absolute atomic E-state index is 0.0139. The van der Waals surface area contributed by atoms with Crippen molar-refractivity contribution in [2.24, 2.45) is 10.8 Å². The number of hydrogen-bond acceptors (Lipinski definition) is 9. The third kappa shape index (κ3) is 15.4. The Kier molecular flexibility index (Phi) is 19.1. The molecule has 256 valence electrons. The minimum atomic E-state index is -0.571. The van der Waals surface area contributed by atoms with E-state index in [-0.39, 0.29) is 48.4 Å². The van der Waals surface area contributed by atoms with Gasteiger partial charge in [-0.3, -0.25) is 0 Å². The van der Waals surface area contributed by atoms with Crippen molar-refractivity contribution in [2.45, 2.75) is 112 Å². The SMILES string of the molecule is CCCCCC1=C/C(=C(/C#N)C(=O)OCCCO)CC(C)(C)C1.CCOC(=O)/C(C#N)=C1\C=C(CCCOCCO)CC(C)(C)C1. The van der Waals surface area contributed by atoms with Gasteiger partial charge in [-0.15, -0.1) is 0 Å². The second-order valence-electron chi connectivity index (χ2n) is 13.5. The van der Waals surface area contributed by atoms with E-state index in [4.69, 9.17) is 24.4 Å². The highest BCUT2D eigenvalue weighted by Crippen LogP contribution is 2.41. The average molecular weight is 641 g/mol. The molecule has 0 amide bonds. The molecule has 9 heteroatoms. The van der Waals surface area contributed by atoms with Crippen molar-refractivity contribution in [1.29, 1.82) is 10.5 Å². The number of rotatable bonds is 16. The third-order valence-electron chi connectivity index (χ3n) is 7.71. The van der Waals surface area contributed by atoms with E-state index in [1.807, 2.05) is 24.3 Å².